The van der Waals surface area contributed by atoms with E-state index >= 15 is 0 Å². The standard InChI is InChI=1S/C21H19NO3S/c1-16-7-13-19(14-8-16)26(23)22-15-17-9-11-18(12-10-17)25-21-6-4-3-5-20(21)24-2/h3-15H,1-2H3. The molecule has 0 saturated heterocycles. The van der Waals surface area contributed by atoms with Gasteiger partial charge in [0.05, 0.1) is 13.3 Å². The second kappa shape index (κ2) is 8.56. The summed E-state index contributed by atoms with van der Waals surface area (Å²) in [6.45, 7) is 1.99. The molecule has 0 N–H and O–H groups in total. The maximum absolute atomic E-state index is 12.2. The Morgan fingerprint density at radius 2 is 1.54 bits per heavy atom. The zero-order valence-corrected chi connectivity index (χ0v) is 15.4. The zero-order valence-electron chi connectivity index (χ0n) is 14.6. The topological polar surface area (TPSA) is 53.9 Å². The van der Waals surface area contributed by atoms with Gasteiger partial charge in [-0.05, 0) is 61.0 Å². The third kappa shape index (κ3) is 4.65. The average molecular weight is 365 g/mol. The SMILES string of the molecule is COc1ccccc1Oc1ccc(C=N[S+]([O-])c2ccc(C)cc2)cc1. The molecule has 1 unspecified atom stereocenters. The number of benzene rings is 3. The fraction of sp³-hybridized carbons (Fsp3) is 0.0952. The van der Waals surface area contributed by atoms with Crippen molar-refractivity contribution < 1.29 is 14.0 Å². The molecule has 3 aromatic carbocycles. The molecule has 0 aliphatic rings. The Labute approximate surface area is 156 Å². The van der Waals surface area contributed by atoms with Crippen molar-refractivity contribution >= 4 is 17.6 Å². The lowest BCUT2D eigenvalue weighted by molar-refractivity contribution is 0.379. The van der Waals surface area contributed by atoms with Gasteiger partial charge < -0.3 is 14.0 Å². The van der Waals surface area contributed by atoms with Crippen LogP contribution in [0, 0.1) is 6.92 Å². The molecule has 0 aromatic heterocycles. The van der Waals surface area contributed by atoms with E-state index in [1.54, 1.807) is 13.3 Å². The lowest BCUT2D eigenvalue weighted by Crippen LogP contribution is -1.97. The van der Waals surface area contributed by atoms with Gasteiger partial charge in [-0.2, -0.15) is 0 Å². The maximum atomic E-state index is 12.2. The molecular weight excluding hydrogens is 346 g/mol. The smallest absolute Gasteiger partial charge is 0.182 e. The van der Waals surface area contributed by atoms with Crippen LogP contribution >= 0.6 is 0 Å². The van der Waals surface area contributed by atoms with Crippen molar-refractivity contribution in [1.29, 1.82) is 0 Å². The van der Waals surface area contributed by atoms with Crippen molar-refractivity contribution in [3.8, 4) is 17.2 Å². The summed E-state index contributed by atoms with van der Waals surface area (Å²) in [4.78, 5) is 0.683. The molecule has 0 amide bonds. The highest BCUT2D eigenvalue weighted by molar-refractivity contribution is 7.90. The molecule has 0 heterocycles. The molecule has 0 radical (unpaired) electrons. The number of hydrogen-bond donors (Lipinski definition) is 0. The van der Waals surface area contributed by atoms with E-state index < -0.39 is 11.4 Å². The quantitative estimate of drug-likeness (QED) is 0.459. The van der Waals surface area contributed by atoms with Gasteiger partial charge in [-0.15, -0.1) is 0 Å². The van der Waals surface area contributed by atoms with Crippen molar-refractivity contribution in [2.75, 3.05) is 7.11 Å². The number of rotatable bonds is 6. The summed E-state index contributed by atoms with van der Waals surface area (Å²) < 4.78 is 27.4. The molecule has 1 atom stereocenters. The highest BCUT2D eigenvalue weighted by atomic mass is 32.2. The number of aryl methyl sites for hydroxylation is 1. The highest BCUT2D eigenvalue weighted by Crippen LogP contribution is 2.30. The largest absolute Gasteiger partial charge is 0.586 e. The molecule has 0 fully saturated rings. The van der Waals surface area contributed by atoms with Gasteiger partial charge in [0.15, 0.2) is 16.4 Å². The molecule has 0 aliphatic carbocycles. The van der Waals surface area contributed by atoms with Crippen molar-refractivity contribution in [1.82, 2.24) is 0 Å². The molecule has 4 nitrogen and oxygen atoms in total. The zero-order chi connectivity index (χ0) is 18.4. The van der Waals surface area contributed by atoms with Crippen LogP contribution in [0.5, 0.6) is 17.2 Å². The number of para-hydroxylation sites is 2. The van der Waals surface area contributed by atoms with Crippen LogP contribution in [0.1, 0.15) is 11.1 Å². The van der Waals surface area contributed by atoms with Crippen LogP contribution in [0.4, 0.5) is 0 Å². The van der Waals surface area contributed by atoms with E-state index in [0.717, 1.165) is 11.1 Å². The summed E-state index contributed by atoms with van der Waals surface area (Å²) in [5.41, 5.74) is 1.97. The van der Waals surface area contributed by atoms with Crippen LogP contribution in [-0.4, -0.2) is 17.9 Å². The molecule has 0 saturated carbocycles. The summed E-state index contributed by atoms with van der Waals surface area (Å²) in [6.07, 6.45) is 1.60. The Hall–Kier alpha value is -2.76. The summed E-state index contributed by atoms with van der Waals surface area (Å²) in [5.74, 6) is 2.01. The number of hydrogen-bond acceptors (Lipinski definition) is 4. The number of methoxy groups -OCH3 is 1. The second-order valence-electron chi connectivity index (χ2n) is 5.62. The Kier molecular flexibility index (Phi) is 5.94. The minimum atomic E-state index is -1.41. The molecule has 26 heavy (non-hydrogen) atoms. The predicted octanol–water partition coefficient (Wildman–Crippen LogP) is 4.94. The molecule has 0 aliphatic heterocycles. The second-order valence-corrected chi connectivity index (χ2v) is 6.80. The van der Waals surface area contributed by atoms with Crippen molar-refractivity contribution in [3.05, 3.63) is 83.9 Å². The first kappa shape index (κ1) is 18.0. The van der Waals surface area contributed by atoms with Crippen LogP contribution in [0.3, 0.4) is 0 Å². The molecule has 3 rings (SSSR count). The minimum absolute atomic E-state index is 0.650. The van der Waals surface area contributed by atoms with E-state index in [4.69, 9.17) is 9.47 Å². The minimum Gasteiger partial charge on any atom is -0.586 e. The van der Waals surface area contributed by atoms with Gasteiger partial charge in [0.2, 0.25) is 0 Å². The third-order valence-corrected chi connectivity index (χ3v) is 4.67. The molecule has 3 aromatic rings. The maximum Gasteiger partial charge on any atom is 0.182 e. The van der Waals surface area contributed by atoms with E-state index in [9.17, 15) is 4.55 Å². The Morgan fingerprint density at radius 3 is 2.19 bits per heavy atom. The number of nitrogens with zero attached hydrogens (tertiary/aromatic N) is 1. The van der Waals surface area contributed by atoms with Crippen molar-refractivity contribution in [2.45, 2.75) is 11.8 Å². The molecule has 5 heteroatoms. The van der Waals surface area contributed by atoms with Crippen LogP contribution < -0.4 is 9.47 Å². The van der Waals surface area contributed by atoms with Gasteiger partial charge >= 0.3 is 0 Å². The van der Waals surface area contributed by atoms with E-state index in [2.05, 4.69) is 4.40 Å². The first-order valence-corrected chi connectivity index (χ1v) is 9.20. The third-order valence-electron chi connectivity index (χ3n) is 3.70. The van der Waals surface area contributed by atoms with Gasteiger partial charge in [-0.1, -0.05) is 34.2 Å². The first-order chi connectivity index (χ1) is 12.7. The summed E-state index contributed by atoms with van der Waals surface area (Å²) in [6, 6.07) is 22.4. The van der Waals surface area contributed by atoms with Crippen LogP contribution in [0.2, 0.25) is 0 Å². The fourth-order valence-electron chi connectivity index (χ4n) is 2.28. The van der Waals surface area contributed by atoms with E-state index in [1.165, 1.54) is 0 Å². The predicted molar refractivity (Wildman–Crippen MR) is 105 cm³/mol. The van der Waals surface area contributed by atoms with E-state index in [1.807, 2.05) is 79.7 Å². The summed E-state index contributed by atoms with van der Waals surface area (Å²) in [5, 5.41) is 0. The van der Waals surface area contributed by atoms with Crippen molar-refractivity contribution in [2.24, 2.45) is 4.40 Å². The average Bonchev–Trinajstić information content (AvgIpc) is 2.68. The lowest BCUT2D eigenvalue weighted by Gasteiger charge is -2.09. The van der Waals surface area contributed by atoms with Gasteiger partial charge in [0.25, 0.3) is 0 Å². The van der Waals surface area contributed by atoms with Crippen LogP contribution in [0.15, 0.2) is 82.1 Å². The highest BCUT2D eigenvalue weighted by Gasteiger charge is 2.08. The normalized spacial score (nSPS) is 12.1. The number of ether oxygens (including phenoxy) is 2. The molecule has 132 valence electrons. The molecule has 0 spiro atoms. The monoisotopic (exact) mass is 365 g/mol. The Morgan fingerprint density at radius 1 is 0.885 bits per heavy atom. The van der Waals surface area contributed by atoms with E-state index in [-0.39, 0.29) is 0 Å². The van der Waals surface area contributed by atoms with Crippen LogP contribution in [0.25, 0.3) is 0 Å². The molecule has 0 bridgehead atoms. The summed E-state index contributed by atoms with van der Waals surface area (Å²) in [7, 11) is 1.61. The van der Waals surface area contributed by atoms with Gasteiger partial charge in [-0.25, -0.2) is 0 Å². The fourth-order valence-corrected chi connectivity index (χ4v) is 2.98. The van der Waals surface area contributed by atoms with E-state index in [0.29, 0.717) is 22.1 Å². The Bertz CT molecular complexity index is 877. The van der Waals surface area contributed by atoms with Gasteiger partial charge in [0.1, 0.15) is 17.1 Å². The van der Waals surface area contributed by atoms with Crippen LogP contribution in [-0.2, 0) is 11.4 Å². The van der Waals surface area contributed by atoms with Crippen molar-refractivity contribution in [3.63, 3.8) is 0 Å². The van der Waals surface area contributed by atoms with Gasteiger partial charge in [0, 0.05) is 0 Å². The molecular formula is C21H19NO3S. The summed E-state index contributed by atoms with van der Waals surface area (Å²) >= 11 is -1.41. The van der Waals surface area contributed by atoms with Gasteiger partial charge in [-0.3, -0.25) is 0 Å². The lowest BCUT2D eigenvalue weighted by atomic mass is 10.2. The first-order valence-electron chi connectivity index (χ1n) is 8.09. The Balaban J connectivity index is 1.66.